The first-order chi connectivity index (χ1) is 8.14. The lowest BCUT2D eigenvalue weighted by Crippen LogP contribution is -2.15. The molecule has 3 heteroatoms. The Hall–Kier alpha value is -1.69. The molecular formula is C14H15NO2. The van der Waals surface area contributed by atoms with Crippen molar-refractivity contribution in [2.24, 2.45) is 5.41 Å². The largest absolute Gasteiger partial charge is 0.486 e. The van der Waals surface area contributed by atoms with Crippen molar-refractivity contribution in [3.05, 3.63) is 23.3 Å². The lowest BCUT2D eigenvalue weighted by Gasteiger charge is -2.20. The summed E-state index contributed by atoms with van der Waals surface area (Å²) in [5.74, 6) is 2.00. The number of hydrogen-bond acceptors (Lipinski definition) is 3. The minimum absolute atomic E-state index is 0.186. The van der Waals surface area contributed by atoms with E-state index in [2.05, 4.69) is 19.1 Å². The van der Waals surface area contributed by atoms with Gasteiger partial charge >= 0.3 is 0 Å². The Morgan fingerprint density at radius 2 is 1.94 bits per heavy atom. The van der Waals surface area contributed by atoms with Gasteiger partial charge in [-0.1, -0.05) is 0 Å². The molecule has 0 amide bonds. The van der Waals surface area contributed by atoms with Crippen molar-refractivity contribution in [2.45, 2.75) is 26.2 Å². The van der Waals surface area contributed by atoms with Gasteiger partial charge in [0.2, 0.25) is 0 Å². The molecule has 1 heterocycles. The van der Waals surface area contributed by atoms with Crippen LogP contribution in [0.5, 0.6) is 11.5 Å². The minimum atomic E-state index is -0.186. The van der Waals surface area contributed by atoms with Crippen molar-refractivity contribution >= 4 is 0 Å². The molecule has 88 valence electrons. The molecule has 1 saturated carbocycles. The molecule has 1 aromatic carbocycles. The number of rotatable bonds is 1. The molecule has 2 aliphatic rings. The maximum atomic E-state index is 9.12. The average molecular weight is 229 g/mol. The van der Waals surface area contributed by atoms with Gasteiger partial charge < -0.3 is 9.47 Å². The normalized spacial score (nSPS) is 29.6. The number of aryl methyl sites for hydroxylation is 1. The lowest BCUT2D eigenvalue weighted by atomic mass is 9.97. The summed E-state index contributed by atoms with van der Waals surface area (Å²) in [5.41, 5.74) is 2.24. The second-order valence-electron chi connectivity index (χ2n) is 5.14. The Morgan fingerprint density at radius 3 is 2.53 bits per heavy atom. The van der Waals surface area contributed by atoms with Gasteiger partial charge in [-0.15, -0.1) is 0 Å². The summed E-state index contributed by atoms with van der Waals surface area (Å²) < 4.78 is 11.1. The maximum absolute atomic E-state index is 9.12. The molecule has 1 aromatic rings. The molecule has 2 atom stereocenters. The molecule has 17 heavy (non-hydrogen) atoms. The number of nitriles is 1. The van der Waals surface area contributed by atoms with E-state index < -0.39 is 0 Å². The number of fused-ring (bicyclic) bond motifs is 1. The van der Waals surface area contributed by atoms with Crippen LogP contribution in [0.2, 0.25) is 0 Å². The van der Waals surface area contributed by atoms with E-state index in [4.69, 9.17) is 14.7 Å². The maximum Gasteiger partial charge on any atom is 0.161 e. The number of nitrogens with zero attached hydrogens (tertiary/aromatic N) is 1. The molecule has 0 bridgehead atoms. The molecule has 2 unspecified atom stereocenters. The molecule has 3 rings (SSSR count). The molecule has 0 spiro atoms. The zero-order valence-electron chi connectivity index (χ0n) is 10.1. The Balaban J connectivity index is 1.99. The monoisotopic (exact) mass is 229 g/mol. The van der Waals surface area contributed by atoms with Crippen LogP contribution in [0.15, 0.2) is 12.1 Å². The predicted molar refractivity (Wildman–Crippen MR) is 63.2 cm³/mol. The Morgan fingerprint density at radius 1 is 1.29 bits per heavy atom. The Labute approximate surface area is 101 Å². The molecule has 0 N–H and O–H groups in total. The molecule has 1 aliphatic heterocycles. The zero-order chi connectivity index (χ0) is 12.0. The van der Waals surface area contributed by atoms with E-state index in [0.717, 1.165) is 17.9 Å². The van der Waals surface area contributed by atoms with Gasteiger partial charge in [-0.2, -0.15) is 5.26 Å². The molecule has 0 saturated heterocycles. The Kier molecular flexibility index (Phi) is 2.09. The van der Waals surface area contributed by atoms with Crippen molar-refractivity contribution in [2.75, 3.05) is 13.2 Å². The van der Waals surface area contributed by atoms with Crippen molar-refractivity contribution in [1.82, 2.24) is 0 Å². The van der Waals surface area contributed by atoms with E-state index >= 15 is 0 Å². The molecule has 1 fully saturated rings. The molecule has 3 nitrogen and oxygen atoms in total. The summed E-state index contributed by atoms with van der Waals surface area (Å²) in [5, 5.41) is 9.12. The summed E-state index contributed by atoms with van der Waals surface area (Å²) in [7, 11) is 0. The SMILES string of the molecule is Cc1cc2c(cc1C1CC1(C)C#N)OCCO2. The van der Waals surface area contributed by atoms with Crippen molar-refractivity contribution in [1.29, 1.82) is 5.26 Å². The number of hydrogen-bond donors (Lipinski definition) is 0. The number of ether oxygens (including phenoxy) is 2. The first-order valence-corrected chi connectivity index (χ1v) is 5.95. The van der Waals surface area contributed by atoms with E-state index in [1.165, 1.54) is 11.1 Å². The summed E-state index contributed by atoms with van der Waals surface area (Å²) in [6.45, 7) is 5.32. The average Bonchev–Trinajstić information content (AvgIpc) is 3.01. The van der Waals surface area contributed by atoms with Crippen LogP contribution < -0.4 is 9.47 Å². The van der Waals surface area contributed by atoms with Gasteiger partial charge in [0.25, 0.3) is 0 Å². The van der Waals surface area contributed by atoms with Crippen LogP contribution in [0, 0.1) is 23.7 Å². The highest BCUT2D eigenvalue weighted by atomic mass is 16.6. The third-order valence-electron chi connectivity index (χ3n) is 3.80. The van der Waals surface area contributed by atoms with Gasteiger partial charge in [0.1, 0.15) is 13.2 Å². The topological polar surface area (TPSA) is 42.2 Å². The van der Waals surface area contributed by atoms with Gasteiger partial charge in [0.15, 0.2) is 11.5 Å². The first kappa shape index (κ1) is 10.5. The van der Waals surface area contributed by atoms with Gasteiger partial charge in [-0.3, -0.25) is 0 Å². The highest BCUT2D eigenvalue weighted by Crippen LogP contribution is 2.60. The van der Waals surface area contributed by atoms with E-state index in [0.29, 0.717) is 19.1 Å². The smallest absolute Gasteiger partial charge is 0.161 e. The standard InChI is InChI=1S/C14H15NO2/c1-9-5-12-13(17-4-3-16-12)6-10(9)11-7-14(11,2)8-15/h5-6,11H,3-4,7H2,1-2H3. The molecule has 0 aromatic heterocycles. The van der Waals surface area contributed by atoms with Gasteiger partial charge in [-0.25, -0.2) is 0 Å². The van der Waals surface area contributed by atoms with Crippen LogP contribution in [-0.4, -0.2) is 13.2 Å². The van der Waals surface area contributed by atoms with Crippen LogP contribution in [-0.2, 0) is 0 Å². The molecular weight excluding hydrogens is 214 g/mol. The van der Waals surface area contributed by atoms with Crippen LogP contribution in [0.1, 0.15) is 30.4 Å². The quantitative estimate of drug-likeness (QED) is 0.743. The van der Waals surface area contributed by atoms with E-state index in [-0.39, 0.29) is 5.41 Å². The van der Waals surface area contributed by atoms with Crippen LogP contribution in [0.25, 0.3) is 0 Å². The molecule has 1 aliphatic carbocycles. The third kappa shape index (κ3) is 1.56. The summed E-state index contributed by atoms with van der Waals surface area (Å²) in [6.07, 6.45) is 0.948. The first-order valence-electron chi connectivity index (χ1n) is 5.95. The van der Waals surface area contributed by atoms with E-state index in [9.17, 15) is 0 Å². The summed E-state index contributed by atoms with van der Waals surface area (Å²) in [4.78, 5) is 0. The van der Waals surface area contributed by atoms with E-state index in [1.54, 1.807) is 0 Å². The van der Waals surface area contributed by atoms with E-state index in [1.807, 2.05) is 13.0 Å². The fourth-order valence-electron chi connectivity index (χ4n) is 2.52. The van der Waals surface area contributed by atoms with Crippen LogP contribution in [0.3, 0.4) is 0 Å². The van der Waals surface area contributed by atoms with Gasteiger partial charge in [0, 0.05) is 5.92 Å². The fraction of sp³-hybridized carbons (Fsp3) is 0.500. The summed E-state index contributed by atoms with van der Waals surface area (Å²) in [6, 6.07) is 6.48. The zero-order valence-corrected chi connectivity index (χ0v) is 10.1. The lowest BCUT2D eigenvalue weighted by molar-refractivity contribution is 0.171. The van der Waals surface area contributed by atoms with Crippen LogP contribution in [0.4, 0.5) is 0 Å². The second-order valence-corrected chi connectivity index (χ2v) is 5.14. The van der Waals surface area contributed by atoms with Crippen molar-refractivity contribution in [3.63, 3.8) is 0 Å². The Bertz CT molecular complexity index is 518. The number of benzene rings is 1. The fourth-order valence-corrected chi connectivity index (χ4v) is 2.52. The van der Waals surface area contributed by atoms with Gasteiger partial charge in [-0.05, 0) is 43.5 Å². The highest BCUT2D eigenvalue weighted by molar-refractivity contribution is 5.51. The molecule has 0 radical (unpaired) electrons. The van der Waals surface area contributed by atoms with Gasteiger partial charge in [0.05, 0.1) is 11.5 Å². The summed E-state index contributed by atoms with van der Waals surface area (Å²) >= 11 is 0. The van der Waals surface area contributed by atoms with Crippen molar-refractivity contribution in [3.8, 4) is 17.6 Å². The predicted octanol–water partition coefficient (Wildman–Crippen LogP) is 2.78. The second kappa shape index (κ2) is 3.40. The highest BCUT2D eigenvalue weighted by Gasteiger charge is 2.52. The minimum Gasteiger partial charge on any atom is -0.486 e. The van der Waals surface area contributed by atoms with Crippen LogP contribution >= 0.6 is 0 Å². The third-order valence-corrected chi connectivity index (χ3v) is 3.80. The van der Waals surface area contributed by atoms with Crippen molar-refractivity contribution < 1.29 is 9.47 Å².